The van der Waals surface area contributed by atoms with Gasteiger partial charge in [-0.1, -0.05) is 83.7 Å². The molecule has 4 rings (SSSR count). The highest BCUT2D eigenvalue weighted by atomic mass is 79.9. The zero-order valence-electron chi connectivity index (χ0n) is 23.0. The van der Waals surface area contributed by atoms with Gasteiger partial charge in [-0.15, -0.1) is 0 Å². The van der Waals surface area contributed by atoms with Crippen molar-refractivity contribution >= 4 is 43.5 Å². The van der Waals surface area contributed by atoms with Gasteiger partial charge in [-0.05, 0) is 54.3 Å². The first-order valence-corrected chi connectivity index (χ1v) is 16.4. The first-order valence-electron chi connectivity index (χ1n) is 13.7. The molecule has 0 radical (unpaired) electrons. The Morgan fingerprint density at radius 1 is 0.951 bits per heavy atom. The molecule has 0 aliphatic heterocycles. The standard InChI is InChI=1S/C31H35BrFN3O4S/c1-41(39,40)36(28-17-9-14-26(33)20-28)22-30(37)35(21-24-12-8-13-25(32)18-24)29(19-23-10-4-2-5-11-23)31(38)34-27-15-6-3-7-16-27/h2,4-5,8-14,17-18,20,27,29H,3,6-7,15-16,19,21-22H2,1H3,(H,34,38)/t29-/m0/s1. The molecule has 10 heteroatoms. The Balaban J connectivity index is 1.72. The summed E-state index contributed by atoms with van der Waals surface area (Å²) in [6, 6.07) is 21.1. The molecule has 0 heterocycles. The highest BCUT2D eigenvalue weighted by Gasteiger charge is 2.34. The molecule has 1 aliphatic carbocycles. The van der Waals surface area contributed by atoms with Crippen LogP contribution in [0.5, 0.6) is 0 Å². The fourth-order valence-corrected chi connectivity index (χ4v) is 6.46. The maximum atomic E-state index is 14.1. The van der Waals surface area contributed by atoms with Crippen LogP contribution in [-0.2, 0) is 32.6 Å². The molecule has 2 amide bonds. The number of carbonyl (C=O) groups is 2. The van der Waals surface area contributed by atoms with E-state index in [1.165, 1.54) is 23.1 Å². The summed E-state index contributed by atoms with van der Waals surface area (Å²) in [7, 11) is -3.96. The van der Waals surface area contributed by atoms with Gasteiger partial charge < -0.3 is 10.2 Å². The lowest BCUT2D eigenvalue weighted by molar-refractivity contribution is -0.140. The van der Waals surface area contributed by atoms with E-state index in [2.05, 4.69) is 21.2 Å². The van der Waals surface area contributed by atoms with E-state index in [0.29, 0.717) is 0 Å². The minimum absolute atomic E-state index is 0.0251. The molecule has 1 saturated carbocycles. The molecule has 0 saturated heterocycles. The number of carbonyl (C=O) groups excluding carboxylic acids is 2. The van der Waals surface area contributed by atoms with Crippen LogP contribution in [0.25, 0.3) is 0 Å². The summed E-state index contributed by atoms with van der Waals surface area (Å²) in [5, 5.41) is 3.17. The van der Waals surface area contributed by atoms with Gasteiger partial charge in [0, 0.05) is 23.5 Å². The number of nitrogens with one attached hydrogen (secondary N) is 1. The number of halogens is 2. The Bertz CT molecular complexity index is 1450. The van der Waals surface area contributed by atoms with Crippen LogP contribution in [0, 0.1) is 5.82 Å². The van der Waals surface area contributed by atoms with Crippen molar-refractivity contribution in [3.8, 4) is 0 Å². The summed E-state index contributed by atoms with van der Waals surface area (Å²) in [6.07, 6.45) is 6.18. The van der Waals surface area contributed by atoms with Gasteiger partial charge in [0.05, 0.1) is 11.9 Å². The van der Waals surface area contributed by atoms with Crippen LogP contribution in [0.2, 0.25) is 0 Å². The number of sulfonamides is 1. The van der Waals surface area contributed by atoms with Gasteiger partial charge in [-0.25, -0.2) is 12.8 Å². The van der Waals surface area contributed by atoms with E-state index in [1.54, 1.807) is 0 Å². The molecule has 1 fully saturated rings. The molecule has 0 aromatic heterocycles. The van der Waals surface area contributed by atoms with Gasteiger partial charge in [0.25, 0.3) is 0 Å². The largest absolute Gasteiger partial charge is 0.352 e. The molecule has 0 unspecified atom stereocenters. The van der Waals surface area contributed by atoms with Crippen LogP contribution >= 0.6 is 15.9 Å². The molecule has 218 valence electrons. The van der Waals surface area contributed by atoms with Gasteiger partial charge in [0.2, 0.25) is 21.8 Å². The summed E-state index contributed by atoms with van der Waals surface area (Å²) in [6.45, 7) is -0.507. The number of hydrogen-bond donors (Lipinski definition) is 1. The second-order valence-electron chi connectivity index (χ2n) is 10.5. The number of hydrogen-bond acceptors (Lipinski definition) is 4. The highest BCUT2D eigenvalue weighted by molar-refractivity contribution is 9.10. The van der Waals surface area contributed by atoms with Crippen molar-refractivity contribution in [1.29, 1.82) is 0 Å². The SMILES string of the molecule is CS(=O)(=O)N(CC(=O)N(Cc1cccc(Br)c1)[C@@H](Cc1ccccc1)C(=O)NC1CCCCC1)c1cccc(F)c1. The van der Waals surface area contributed by atoms with Crippen molar-refractivity contribution in [3.05, 3.63) is 100 Å². The molecular formula is C31H35BrFN3O4S. The Hall–Kier alpha value is -3.24. The van der Waals surface area contributed by atoms with Crippen LogP contribution in [0.1, 0.15) is 43.2 Å². The van der Waals surface area contributed by atoms with E-state index >= 15 is 0 Å². The number of amides is 2. The minimum Gasteiger partial charge on any atom is -0.352 e. The molecule has 7 nitrogen and oxygen atoms in total. The van der Waals surface area contributed by atoms with E-state index < -0.39 is 34.3 Å². The lowest BCUT2D eigenvalue weighted by Gasteiger charge is -2.35. The van der Waals surface area contributed by atoms with Crippen molar-refractivity contribution in [2.24, 2.45) is 0 Å². The molecule has 1 atom stereocenters. The Morgan fingerprint density at radius 2 is 1.63 bits per heavy atom. The van der Waals surface area contributed by atoms with E-state index in [-0.39, 0.29) is 30.6 Å². The lowest BCUT2D eigenvalue weighted by atomic mass is 9.94. The number of anilines is 1. The quantitative estimate of drug-likeness (QED) is 0.301. The van der Waals surface area contributed by atoms with Crippen LogP contribution in [0.15, 0.2) is 83.3 Å². The van der Waals surface area contributed by atoms with Gasteiger partial charge in [-0.3, -0.25) is 13.9 Å². The second-order valence-corrected chi connectivity index (χ2v) is 13.3. The Morgan fingerprint density at radius 3 is 2.29 bits per heavy atom. The maximum absolute atomic E-state index is 14.1. The zero-order valence-corrected chi connectivity index (χ0v) is 25.4. The zero-order chi connectivity index (χ0) is 29.4. The number of rotatable bonds is 11. The summed E-state index contributed by atoms with van der Waals surface area (Å²) in [5.41, 5.74) is 1.68. The van der Waals surface area contributed by atoms with Gasteiger partial charge in [0.1, 0.15) is 18.4 Å². The first kappa shape index (κ1) is 30.7. The third kappa shape index (κ3) is 8.87. The van der Waals surface area contributed by atoms with Crippen molar-refractivity contribution in [2.45, 2.75) is 57.2 Å². The van der Waals surface area contributed by atoms with Crippen LogP contribution < -0.4 is 9.62 Å². The third-order valence-corrected chi connectivity index (χ3v) is 8.87. The lowest BCUT2D eigenvalue weighted by Crippen LogP contribution is -2.55. The molecular weight excluding hydrogens is 609 g/mol. The van der Waals surface area contributed by atoms with Crippen molar-refractivity contribution in [2.75, 3.05) is 17.1 Å². The number of benzene rings is 3. The minimum atomic E-state index is -3.96. The Kier molecular flexibility index (Phi) is 10.6. The van der Waals surface area contributed by atoms with Crippen LogP contribution in [-0.4, -0.2) is 50.0 Å². The smallest absolute Gasteiger partial charge is 0.244 e. The molecule has 0 bridgehead atoms. The molecule has 3 aromatic carbocycles. The van der Waals surface area contributed by atoms with Crippen LogP contribution in [0.4, 0.5) is 10.1 Å². The van der Waals surface area contributed by atoms with E-state index in [1.807, 2.05) is 54.6 Å². The number of nitrogens with zero attached hydrogens (tertiary/aromatic N) is 2. The van der Waals surface area contributed by atoms with Gasteiger partial charge in [-0.2, -0.15) is 0 Å². The average Bonchev–Trinajstić information content (AvgIpc) is 2.94. The van der Waals surface area contributed by atoms with Crippen molar-refractivity contribution < 1.29 is 22.4 Å². The molecule has 3 aromatic rings. The van der Waals surface area contributed by atoms with Crippen molar-refractivity contribution in [1.82, 2.24) is 10.2 Å². The molecule has 1 aliphatic rings. The summed E-state index contributed by atoms with van der Waals surface area (Å²) < 4.78 is 41.4. The van der Waals surface area contributed by atoms with E-state index in [9.17, 15) is 22.4 Å². The van der Waals surface area contributed by atoms with E-state index in [0.717, 1.165) is 64.3 Å². The Labute approximate surface area is 249 Å². The molecule has 1 N–H and O–H groups in total. The average molecular weight is 645 g/mol. The van der Waals surface area contributed by atoms with Crippen molar-refractivity contribution in [3.63, 3.8) is 0 Å². The molecule has 0 spiro atoms. The normalized spacial score (nSPS) is 14.7. The first-order chi connectivity index (χ1) is 19.6. The topological polar surface area (TPSA) is 86.8 Å². The predicted octanol–water partition coefficient (Wildman–Crippen LogP) is 5.44. The summed E-state index contributed by atoms with van der Waals surface area (Å²) >= 11 is 3.47. The second kappa shape index (κ2) is 14.1. The van der Waals surface area contributed by atoms with Gasteiger partial charge in [0.15, 0.2) is 0 Å². The monoisotopic (exact) mass is 643 g/mol. The predicted molar refractivity (Wildman–Crippen MR) is 162 cm³/mol. The fourth-order valence-electron chi connectivity index (χ4n) is 5.18. The summed E-state index contributed by atoms with van der Waals surface area (Å²) in [5.74, 6) is -1.47. The van der Waals surface area contributed by atoms with Gasteiger partial charge >= 0.3 is 0 Å². The highest BCUT2D eigenvalue weighted by Crippen LogP contribution is 2.23. The van der Waals surface area contributed by atoms with E-state index in [4.69, 9.17) is 0 Å². The maximum Gasteiger partial charge on any atom is 0.244 e. The molecule has 41 heavy (non-hydrogen) atoms. The fraction of sp³-hybridized carbons (Fsp3) is 0.355. The summed E-state index contributed by atoms with van der Waals surface area (Å²) in [4.78, 5) is 29.5. The van der Waals surface area contributed by atoms with Crippen LogP contribution in [0.3, 0.4) is 0 Å². The third-order valence-electron chi connectivity index (χ3n) is 7.24.